The molecule has 0 fully saturated rings. The van der Waals surface area contributed by atoms with E-state index in [-0.39, 0.29) is 12.5 Å². The van der Waals surface area contributed by atoms with Crippen molar-refractivity contribution in [1.82, 2.24) is 9.97 Å². The van der Waals surface area contributed by atoms with E-state index in [1.165, 1.54) is 0 Å². The number of hydrogen-bond donors (Lipinski definition) is 2. The normalized spacial score (nSPS) is 12.4. The van der Waals surface area contributed by atoms with Crippen molar-refractivity contribution in [3.8, 4) is 17.0 Å². The van der Waals surface area contributed by atoms with Crippen molar-refractivity contribution in [2.45, 2.75) is 26.2 Å². The van der Waals surface area contributed by atoms with Gasteiger partial charge in [0.05, 0.1) is 19.4 Å². The second-order valence-electron chi connectivity index (χ2n) is 4.61. The predicted molar refractivity (Wildman–Crippen MR) is 75.4 cm³/mol. The van der Waals surface area contributed by atoms with Gasteiger partial charge in [0.25, 0.3) is 0 Å². The topological polar surface area (TPSA) is 58.1 Å². The number of hydrogen-bond acceptors (Lipinski definition) is 3. The molecule has 0 amide bonds. The third-order valence-corrected chi connectivity index (χ3v) is 3.37. The Bertz CT molecular complexity index is 528. The van der Waals surface area contributed by atoms with Crippen LogP contribution in [0.2, 0.25) is 0 Å². The van der Waals surface area contributed by atoms with Crippen molar-refractivity contribution in [1.29, 1.82) is 0 Å². The maximum absolute atomic E-state index is 9.34. The first kappa shape index (κ1) is 13.6. The van der Waals surface area contributed by atoms with E-state index in [1.807, 2.05) is 38.1 Å². The molecule has 0 spiro atoms. The lowest BCUT2D eigenvalue weighted by Gasteiger charge is -2.06. The summed E-state index contributed by atoms with van der Waals surface area (Å²) in [5.74, 6) is 1.76. The van der Waals surface area contributed by atoms with Crippen LogP contribution in [0.1, 0.15) is 30.8 Å². The zero-order chi connectivity index (χ0) is 13.8. The number of ether oxygens (including phenoxy) is 1. The molecule has 19 heavy (non-hydrogen) atoms. The number of aryl methyl sites for hydroxylation is 1. The van der Waals surface area contributed by atoms with Crippen LogP contribution in [0.15, 0.2) is 24.3 Å². The van der Waals surface area contributed by atoms with Crippen LogP contribution in [0, 0.1) is 6.92 Å². The van der Waals surface area contributed by atoms with Gasteiger partial charge in [-0.1, -0.05) is 6.92 Å². The number of aromatic nitrogens is 2. The Hall–Kier alpha value is -1.81. The molecule has 4 heteroatoms. The summed E-state index contributed by atoms with van der Waals surface area (Å²) in [5.41, 5.74) is 3.00. The highest BCUT2D eigenvalue weighted by molar-refractivity contribution is 5.62. The Morgan fingerprint density at radius 1 is 1.32 bits per heavy atom. The van der Waals surface area contributed by atoms with E-state index in [0.717, 1.165) is 34.9 Å². The minimum Gasteiger partial charge on any atom is -0.497 e. The first-order valence-corrected chi connectivity index (χ1v) is 6.51. The third-order valence-electron chi connectivity index (χ3n) is 3.37. The molecule has 0 aliphatic carbocycles. The second-order valence-corrected chi connectivity index (χ2v) is 4.61. The number of aliphatic hydroxyl groups is 1. The summed E-state index contributed by atoms with van der Waals surface area (Å²) in [6.45, 7) is 4.16. The number of imidazole rings is 1. The van der Waals surface area contributed by atoms with Gasteiger partial charge in [-0.2, -0.15) is 0 Å². The van der Waals surface area contributed by atoms with Crippen LogP contribution in [0.4, 0.5) is 0 Å². The molecule has 2 N–H and O–H groups in total. The number of methoxy groups -OCH3 is 1. The first-order valence-electron chi connectivity index (χ1n) is 6.51. The summed E-state index contributed by atoms with van der Waals surface area (Å²) in [4.78, 5) is 7.89. The van der Waals surface area contributed by atoms with E-state index in [4.69, 9.17) is 4.74 Å². The van der Waals surface area contributed by atoms with Gasteiger partial charge >= 0.3 is 0 Å². The molecular weight excluding hydrogens is 240 g/mol. The van der Waals surface area contributed by atoms with Gasteiger partial charge in [-0.05, 0) is 37.6 Å². The lowest BCUT2D eigenvalue weighted by atomic mass is 10.1. The quantitative estimate of drug-likeness (QED) is 0.869. The number of H-pyrrole nitrogens is 1. The van der Waals surface area contributed by atoms with E-state index in [2.05, 4.69) is 9.97 Å². The van der Waals surface area contributed by atoms with Gasteiger partial charge in [-0.15, -0.1) is 0 Å². The molecule has 1 heterocycles. The molecule has 0 saturated carbocycles. The Balaban J connectivity index is 2.33. The molecule has 0 saturated heterocycles. The van der Waals surface area contributed by atoms with Gasteiger partial charge in [0.15, 0.2) is 0 Å². The largest absolute Gasteiger partial charge is 0.497 e. The van der Waals surface area contributed by atoms with Crippen LogP contribution in [0.25, 0.3) is 11.3 Å². The van der Waals surface area contributed by atoms with Crippen LogP contribution in [0.3, 0.4) is 0 Å². The molecule has 102 valence electrons. The number of benzene rings is 1. The van der Waals surface area contributed by atoms with Crippen molar-refractivity contribution < 1.29 is 9.84 Å². The fourth-order valence-electron chi connectivity index (χ4n) is 2.12. The smallest absolute Gasteiger partial charge is 0.118 e. The lowest BCUT2D eigenvalue weighted by Crippen LogP contribution is -2.04. The van der Waals surface area contributed by atoms with Gasteiger partial charge in [0.1, 0.15) is 11.6 Å². The van der Waals surface area contributed by atoms with Gasteiger partial charge in [-0.25, -0.2) is 4.98 Å². The van der Waals surface area contributed by atoms with E-state index >= 15 is 0 Å². The first-order chi connectivity index (χ1) is 9.19. The SMILES string of the molecule is CCC(CO)c1nc(-c2ccc(OC)cc2)c(C)[nH]1. The van der Waals surface area contributed by atoms with Gasteiger partial charge in [-0.3, -0.25) is 0 Å². The zero-order valence-electron chi connectivity index (χ0n) is 11.6. The highest BCUT2D eigenvalue weighted by Gasteiger charge is 2.15. The van der Waals surface area contributed by atoms with E-state index in [0.29, 0.717) is 0 Å². The van der Waals surface area contributed by atoms with Crippen LogP contribution in [0.5, 0.6) is 5.75 Å². The highest BCUT2D eigenvalue weighted by Crippen LogP contribution is 2.26. The number of nitrogens with zero attached hydrogens (tertiary/aromatic N) is 1. The van der Waals surface area contributed by atoms with Crippen molar-refractivity contribution >= 4 is 0 Å². The van der Waals surface area contributed by atoms with Crippen LogP contribution >= 0.6 is 0 Å². The standard InChI is InChI=1S/C15H20N2O2/c1-4-11(9-18)15-16-10(2)14(17-15)12-5-7-13(19-3)8-6-12/h5-8,11,18H,4,9H2,1-3H3,(H,16,17). The van der Waals surface area contributed by atoms with Gasteiger partial charge in [0.2, 0.25) is 0 Å². The van der Waals surface area contributed by atoms with Crippen molar-refractivity contribution in [3.63, 3.8) is 0 Å². The third kappa shape index (κ3) is 2.79. The summed E-state index contributed by atoms with van der Waals surface area (Å²) in [6, 6.07) is 7.83. The molecule has 2 rings (SSSR count). The second kappa shape index (κ2) is 5.89. The molecule has 1 atom stereocenters. The molecular formula is C15H20N2O2. The predicted octanol–water partition coefficient (Wildman–Crippen LogP) is 2.88. The summed E-state index contributed by atoms with van der Waals surface area (Å²) < 4.78 is 5.15. The maximum Gasteiger partial charge on any atom is 0.118 e. The fraction of sp³-hybridized carbons (Fsp3) is 0.400. The van der Waals surface area contributed by atoms with E-state index in [9.17, 15) is 5.11 Å². The Labute approximate surface area is 113 Å². The average Bonchev–Trinajstić information content (AvgIpc) is 2.82. The molecule has 0 radical (unpaired) electrons. The van der Waals surface area contributed by atoms with Crippen LogP contribution in [-0.4, -0.2) is 28.8 Å². The number of rotatable bonds is 5. The summed E-state index contributed by atoms with van der Waals surface area (Å²) in [6.07, 6.45) is 0.867. The fourth-order valence-corrected chi connectivity index (χ4v) is 2.12. The molecule has 0 bridgehead atoms. The summed E-state index contributed by atoms with van der Waals surface area (Å²) >= 11 is 0. The summed E-state index contributed by atoms with van der Waals surface area (Å²) in [7, 11) is 1.65. The molecule has 1 aromatic carbocycles. The number of nitrogens with one attached hydrogen (secondary N) is 1. The lowest BCUT2D eigenvalue weighted by molar-refractivity contribution is 0.258. The van der Waals surface area contributed by atoms with Crippen molar-refractivity contribution in [2.75, 3.05) is 13.7 Å². The van der Waals surface area contributed by atoms with Crippen molar-refractivity contribution in [3.05, 3.63) is 35.8 Å². The molecule has 0 aliphatic rings. The Morgan fingerprint density at radius 3 is 2.53 bits per heavy atom. The van der Waals surface area contributed by atoms with Crippen LogP contribution < -0.4 is 4.74 Å². The minimum atomic E-state index is 0.0747. The maximum atomic E-state index is 9.34. The monoisotopic (exact) mass is 260 g/mol. The Kier molecular flexibility index (Phi) is 4.22. The highest BCUT2D eigenvalue weighted by atomic mass is 16.5. The minimum absolute atomic E-state index is 0.0747. The zero-order valence-corrected chi connectivity index (χ0v) is 11.6. The van der Waals surface area contributed by atoms with Crippen LogP contribution in [-0.2, 0) is 0 Å². The van der Waals surface area contributed by atoms with Crippen molar-refractivity contribution in [2.24, 2.45) is 0 Å². The van der Waals surface area contributed by atoms with E-state index in [1.54, 1.807) is 7.11 Å². The number of aromatic amines is 1. The Morgan fingerprint density at radius 2 is 2.00 bits per heavy atom. The molecule has 2 aromatic rings. The molecule has 1 unspecified atom stereocenters. The summed E-state index contributed by atoms with van der Waals surface area (Å²) in [5, 5.41) is 9.34. The van der Waals surface area contributed by atoms with Gasteiger partial charge in [0, 0.05) is 17.2 Å². The average molecular weight is 260 g/mol. The van der Waals surface area contributed by atoms with Gasteiger partial charge < -0.3 is 14.8 Å². The molecule has 0 aliphatic heterocycles. The molecule has 1 aromatic heterocycles. The van der Waals surface area contributed by atoms with E-state index < -0.39 is 0 Å². The molecule has 4 nitrogen and oxygen atoms in total. The number of aliphatic hydroxyl groups excluding tert-OH is 1.